The molecule has 1 N–H and O–H groups in total. The number of hydrogen-bond acceptors (Lipinski definition) is 4. The van der Waals surface area contributed by atoms with Crippen molar-refractivity contribution in [2.45, 2.75) is 57.6 Å². The molecule has 230 valence electrons. The summed E-state index contributed by atoms with van der Waals surface area (Å²) in [4.78, 5) is 29.4. The Labute approximate surface area is 259 Å². The Kier molecular flexibility index (Phi) is 10.5. The van der Waals surface area contributed by atoms with Gasteiger partial charge in [0, 0.05) is 19.0 Å². The zero-order valence-electron chi connectivity index (χ0n) is 25.4. The van der Waals surface area contributed by atoms with Crippen LogP contribution in [0.2, 0.25) is 0 Å². The number of benzene rings is 4. The first kappa shape index (κ1) is 32.4. The lowest BCUT2D eigenvalue weighted by atomic mass is 10.0. The topological polar surface area (TPSA) is 86.8 Å². The highest BCUT2D eigenvalue weighted by Crippen LogP contribution is 2.27. The van der Waals surface area contributed by atoms with Crippen molar-refractivity contribution >= 4 is 27.5 Å². The number of nitrogens with zero attached hydrogens (tertiary/aromatic N) is 2. The standard InChI is InChI=1S/C35H38FN3O4S/c1-25(2)37-35(41)33(22-28-10-6-5-7-11-28)38(23-29-18-14-26(3)15-19-29)34(40)24-39(32-13-9-8-12-31(32)36)44(42,43)30-20-16-27(4)17-21-30/h5-21,25,33H,22-24H2,1-4H3,(H,37,41). The van der Waals surface area contributed by atoms with Crippen LogP contribution in [0.1, 0.15) is 36.1 Å². The van der Waals surface area contributed by atoms with Crippen LogP contribution >= 0.6 is 0 Å². The minimum absolute atomic E-state index is 0.0395. The summed E-state index contributed by atoms with van der Waals surface area (Å²) in [5.41, 5.74) is 3.21. The SMILES string of the molecule is Cc1ccc(CN(C(=O)CN(c2ccccc2F)S(=O)(=O)c2ccc(C)cc2)C(Cc2ccccc2)C(=O)NC(C)C)cc1. The molecule has 7 nitrogen and oxygen atoms in total. The summed E-state index contributed by atoms with van der Waals surface area (Å²) >= 11 is 0. The van der Waals surface area contributed by atoms with Gasteiger partial charge in [-0.15, -0.1) is 0 Å². The first-order chi connectivity index (χ1) is 21.0. The zero-order valence-corrected chi connectivity index (χ0v) is 26.2. The molecule has 0 spiro atoms. The van der Waals surface area contributed by atoms with Crippen LogP contribution in [0.15, 0.2) is 108 Å². The summed E-state index contributed by atoms with van der Waals surface area (Å²) < 4.78 is 44.0. The first-order valence-corrected chi connectivity index (χ1v) is 15.9. The zero-order chi connectivity index (χ0) is 31.9. The van der Waals surface area contributed by atoms with Gasteiger partial charge in [-0.1, -0.05) is 90.0 Å². The minimum atomic E-state index is -4.38. The van der Waals surface area contributed by atoms with Gasteiger partial charge in [-0.05, 0) is 63.1 Å². The van der Waals surface area contributed by atoms with E-state index in [1.807, 2.05) is 82.3 Å². The van der Waals surface area contributed by atoms with Crippen molar-refractivity contribution in [3.63, 3.8) is 0 Å². The molecule has 0 aromatic heterocycles. The Morgan fingerprint density at radius 1 is 0.773 bits per heavy atom. The van der Waals surface area contributed by atoms with E-state index in [4.69, 9.17) is 0 Å². The van der Waals surface area contributed by atoms with Gasteiger partial charge >= 0.3 is 0 Å². The lowest BCUT2D eigenvalue weighted by Gasteiger charge is -2.34. The van der Waals surface area contributed by atoms with Crippen molar-refractivity contribution in [1.29, 1.82) is 0 Å². The van der Waals surface area contributed by atoms with Crippen molar-refractivity contribution in [3.05, 3.63) is 131 Å². The van der Waals surface area contributed by atoms with Crippen LogP contribution in [0.4, 0.5) is 10.1 Å². The molecule has 9 heteroatoms. The van der Waals surface area contributed by atoms with Crippen molar-refractivity contribution in [3.8, 4) is 0 Å². The van der Waals surface area contributed by atoms with Crippen molar-refractivity contribution in [2.75, 3.05) is 10.8 Å². The van der Waals surface area contributed by atoms with E-state index in [9.17, 15) is 18.0 Å². The lowest BCUT2D eigenvalue weighted by molar-refractivity contribution is -0.140. The Morgan fingerprint density at radius 2 is 1.34 bits per heavy atom. The molecule has 0 heterocycles. The molecule has 44 heavy (non-hydrogen) atoms. The Hall–Kier alpha value is -4.50. The maximum Gasteiger partial charge on any atom is 0.264 e. The second-order valence-electron chi connectivity index (χ2n) is 11.2. The van der Waals surface area contributed by atoms with Crippen LogP contribution in [-0.4, -0.2) is 43.8 Å². The monoisotopic (exact) mass is 615 g/mol. The van der Waals surface area contributed by atoms with Gasteiger partial charge in [-0.3, -0.25) is 13.9 Å². The molecule has 1 unspecified atom stereocenters. The van der Waals surface area contributed by atoms with E-state index >= 15 is 4.39 Å². The fourth-order valence-electron chi connectivity index (χ4n) is 4.83. The number of hydrogen-bond donors (Lipinski definition) is 1. The highest BCUT2D eigenvalue weighted by Gasteiger charge is 2.35. The molecule has 0 saturated carbocycles. The van der Waals surface area contributed by atoms with Gasteiger partial charge in [0.2, 0.25) is 11.8 Å². The van der Waals surface area contributed by atoms with E-state index in [0.29, 0.717) is 0 Å². The molecule has 0 fully saturated rings. The molecule has 0 saturated heterocycles. The molecule has 2 amide bonds. The number of sulfonamides is 1. The Bertz CT molecular complexity index is 1680. The van der Waals surface area contributed by atoms with E-state index in [1.54, 1.807) is 12.1 Å². The largest absolute Gasteiger partial charge is 0.352 e. The van der Waals surface area contributed by atoms with Crippen LogP contribution in [0.3, 0.4) is 0 Å². The molecule has 4 aromatic carbocycles. The van der Waals surface area contributed by atoms with E-state index in [1.165, 1.54) is 35.2 Å². The van der Waals surface area contributed by atoms with E-state index in [0.717, 1.165) is 32.6 Å². The van der Waals surface area contributed by atoms with Gasteiger partial charge in [0.25, 0.3) is 10.0 Å². The molecular formula is C35H38FN3O4S. The average Bonchev–Trinajstić information content (AvgIpc) is 2.99. The van der Waals surface area contributed by atoms with Crippen LogP contribution in [0.25, 0.3) is 0 Å². The third-order valence-electron chi connectivity index (χ3n) is 7.18. The average molecular weight is 616 g/mol. The predicted octanol–water partition coefficient (Wildman–Crippen LogP) is 5.80. The fraction of sp³-hybridized carbons (Fsp3) is 0.257. The first-order valence-electron chi connectivity index (χ1n) is 14.5. The number of aryl methyl sites for hydroxylation is 2. The highest BCUT2D eigenvalue weighted by molar-refractivity contribution is 7.92. The van der Waals surface area contributed by atoms with Gasteiger partial charge in [-0.2, -0.15) is 0 Å². The summed E-state index contributed by atoms with van der Waals surface area (Å²) in [5, 5.41) is 2.92. The van der Waals surface area contributed by atoms with E-state index in [2.05, 4.69) is 5.32 Å². The number of rotatable bonds is 12. The quantitative estimate of drug-likeness (QED) is 0.218. The predicted molar refractivity (Wildman–Crippen MR) is 171 cm³/mol. The van der Waals surface area contributed by atoms with Crippen LogP contribution in [0, 0.1) is 19.7 Å². The molecule has 0 aliphatic carbocycles. The van der Waals surface area contributed by atoms with Crippen LogP contribution in [-0.2, 0) is 32.6 Å². The van der Waals surface area contributed by atoms with E-state index < -0.39 is 34.3 Å². The smallest absolute Gasteiger partial charge is 0.264 e. The maximum atomic E-state index is 15.2. The fourth-order valence-corrected chi connectivity index (χ4v) is 6.25. The summed E-state index contributed by atoms with van der Waals surface area (Å²) in [7, 11) is -4.38. The number of anilines is 1. The third-order valence-corrected chi connectivity index (χ3v) is 8.96. The van der Waals surface area contributed by atoms with Gasteiger partial charge < -0.3 is 10.2 Å². The second kappa shape index (κ2) is 14.3. The normalized spacial score (nSPS) is 12.0. The van der Waals surface area contributed by atoms with Gasteiger partial charge in [0.15, 0.2) is 0 Å². The van der Waals surface area contributed by atoms with Crippen molar-refractivity contribution in [1.82, 2.24) is 10.2 Å². The van der Waals surface area contributed by atoms with Gasteiger partial charge in [-0.25, -0.2) is 12.8 Å². The third kappa shape index (κ3) is 8.11. The van der Waals surface area contributed by atoms with Crippen LogP contribution < -0.4 is 9.62 Å². The van der Waals surface area contributed by atoms with E-state index in [-0.39, 0.29) is 35.5 Å². The van der Waals surface area contributed by atoms with Gasteiger partial charge in [0.1, 0.15) is 18.4 Å². The van der Waals surface area contributed by atoms with Crippen molar-refractivity contribution in [2.24, 2.45) is 0 Å². The molecule has 0 radical (unpaired) electrons. The minimum Gasteiger partial charge on any atom is -0.352 e. The lowest BCUT2D eigenvalue weighted by Crippen LogP contribution is -2.54. The molecule has 4 rings (SSSR count). The molecule has 4 aromatic rings. The maximum absolute atomic E-state index is 15.2. The number of halogens is 1. The summed E-state index contributed by atoms with van der Waals surface area (Å²) in [5.74, 6) is -1.81. The molecule has 1 atom stereocenters. The Morgan fingerprint density at radius 3 is 1.93 bits per heavy atom. The number of carbonyl (C=O) groups is 2. The molecule has 0 aliphatic heterocycles. The summed E-state index contributed by atoms with van der Waals surface area (Å²) in [6, 6.07) is 27.3. The molecule has 0 bridgehead atoms. The highest BCUT2D eigenvalue weighted by atomic mass is 32.2. The van der Waals surface area contributed by atoms with Gasteiger partial charge in [0.05, 0.1) is 10.6 Å². The molecular weight excluding hydrogens is 577 g/mol. The Balaban J connectivity index is 1.81. The second-order valence-corrected chi connectivity index (χ2v) is 13.0. The summed E-state index contributed by atoms with van der Waals surface area (Å²) in [6.07, 6.45) is 0.196. The van der Waals surface area contributed by atoms with Crippen molar-refractivity contribution < 1.29 is 22.4 Å². The number of amides is 2. The number of carbonyl (C=O) groups excluding carboxylic acids is 2. The van der Waals surface area contributed by atoms with Crippen LogP contribution in [0.5, 0.6) is 0 Å². The summed E-state index contributed by atoms with van der Waals surface area (Å²) in [6.45, 7) is 6.76. The number of nitrogens with one attached hydrogen (secondary N) is 1. The molecule has 0 aliphatic rings. The number of para-hydroxylation sites is 1.